The lowest BCUT2D eigenvalue weighted by molar-refractivity contribution is -0.142. The lowest BCUT2D eigenvalue weighted by atomic mass is 9.98. The fraction of sp³-hybridized carbons (Fsp3) is 0.400. The first-order valence-corrected chi connectivity index (χ1v) is 11.1. The van der Waals surface area contributed by atoms with Gasteiger partial charge in [0.1, 0.15) is 12.6 Å². The molecule has 2 aliphatic rings. The number of hydrogen-bond acceptors (Lipinski definition) is 4. The maximum atomic E-state index is 12.6. The van der Waals surface area contributed by atoms with Crippen LogP contribution in [0.4, 0.5) is 4.79 Å². The van der Waals surface area contributed by atoms with Crippen molar-refractivity contribution in [3.63, 3.8) is 0 Å². The van der Waals surface area contributed by atoms with Gasteiger partial charge in [-0.2, -0.15) is 0 Å². The normalized spacial score (nSPS) is 20.2. The van der Waals surface area contributed by atoms with Crippen molar-refractivity contribution in [3.8, 4) is 11.1 Å². The summed E-state index contributed by atoms with van der Waals surface area (Å²) in [5, 5.41) is 14.7. The fourth-order valence-electron chi connectivity index (χ4n) is 4.85. The second-order valence-corrected chi connectivity index (χ2v) is 8.42. The number of carbonyl (C=O) groups excluding carboxylic acids is 2. The van der Waals surface area contributed by atoms with Gasteiger partial charge in [0.05, 0.1) is 5.92 Å². The topological polar surface area (TPSA) is 105 Å². The average molecular weight is 437 g/mol. The predicted molar refractivity (Wildman–Crippen MR) is 119 cm³/mol. The second kappa shape index (κ2) is 9.42. The monoisotopic (exact) mass is 436 g/mol. The van der Waals surface area contributed by atoms with Gasteiger partial charge in [-0.05, 0) is 41.5 Å². The van der Waals surface area contributed by atoms with Gasteiger partial charge in [-0.3, -0.25) is 9.59 Å². The van der Waals surface area contributed by atoms with Crippen LogP contribution in [-0.4, -0.2) is 41.8 Å². The van der Waals surface area contributed by atoms with Crippen LogP contribution < -0.4 is 10.6 Å². The minimum atomic E-state index is -0.898. The van der Waals surface area contributed by atoms with Gasteiger partial charge in [0.2, 0.25) is 5.91 Å². The quantitative estimate of drug-likeness (QED) is 0.614. The Balaban J connectivity index is 1.36. The Bertz CT molecular complexity index is 975. The third-order valence-corrected chi connectivity index (χ3v) is 6.52. The van der Waals surface area contributed by atoms with E-state index in [0.29, 0.717) is 19.3 Å². The number of nitrogens with one attached hydrogen (secondary N) is 2. The molecule has 168 valence electrons. The van der Waals surface area contributed by atoms with Crippen molar-refractivity contribution in [2.45, 2.75) is 50.6 Å². The molecule has 0 radical (unpaired) electrons. The van der Waals surface area contributed by atoms with Crippen molar-refractivity contribution in [1.82, 2.24) is 10.6 Å². The van der Waals surface area contributed by atoms with Gasteiger partial charge in [0.25, 0.3) is 0 Å². The van der Waals surface area contributed by atoms with Crippen molar-refractivity contribution < 1.29 is 24.2 Å². The number of carboxylic acid groups (broad SMARTS) is 1. The van der Waals surface area contributed by atoms with Crippen LogP contribution >= 0.6 is 0 Å². The summed E-state index contributed by atoms with van der Waals surface area (Å²) in [4.78, 5) is 36.5. The molecule has 0 bridgehead atoms. The van der Waals surface area contributed by atoms with E-state index < -0.39 is 30.1 Å². The maximum absolute atomic E-state index is 12.6. The molecule has 2 unspecified atom stereocenters. The van der Waals surface area contributed by atoms with Crippen molar-refractivity contribution in [2.24, 2.45) is 5.92 Å². The molecule has 0 spiro atoms. The van der Waals surface area contributed by atoms with Gasteiger partial charge in [0, 0.05) is 12.0 Å². The van der Waals surface area contributed by atoms with E-state index >= 15 is 0 Å². The number of ether oxygens (including phenoxy) is 1. The van der Waals surface area contributed by atoms with Gasteiger partial charge < -0.3 is 20.5 Å². The zero-order valence-electron chi connectivity index (χ0n) is 18.0. The van der Waals surface area contributed by atoms with Gasteiger partial charge >= 0.3 is 12.1 Å². The van der Waals surface area contributed by atoms with Crippen LogP contribution in [0.1, 0.15) is 49.7 Å². The molecular weight excluding hydrogens is 408 g/mol. The zero-order chi connectivity index (χ0) is 22.7. The van der Waals surface area contributed by atoms with Crippen LogP contribution in [0.5, 0.6) is 0 Å². The number of amides is 2. The van der Waals surface area contributed by atoms with Crippen LogP contribution in [0.15, 0.2) is 48.5 Å². The highest BCUT2D eigenvalue weighted by atomic mass is 16.5. The largest absolute Gasteiger partial charge is 0.481 e. The highest BCUT2D eigenvalue weighted by Crippen LogP contribution is 2.44. The molecule has 0 aromatic heterocycles. The van der Waals surface area contributed by atoms with Crippen molar-refractivity contribution >= 4 is 18.0 Å². The number of benzene rings is 2. The summed E-state index contributed by atoms with van der Waals surface area (Å²) in [6, 6.07) is 15.0. The molecular formula is C25H28N2O5. The molecule has 0 aliphatic heterocycles. The van der Waals surface area contributed by atoms with Gasteiger partial charge in [0.15, 0.2) is 0 Å². The van der Waals surface area contributed by atoms with Crippen molar-refractivity contribution in [2.75, 3.05) is 6.61 Å². The Kier molecular flexibility index (Phi) is 6.44. The number of carboxylic acids is 1. The molecule has 3 atom stereocenters. The Morgan fingerprint density at radius 2 is 1.66 bits per heavy atom. The number of fused-ring (bicyclic) bond motifs is 3. The molecule has 7 heteroatoms. The number of hydrogen-bond donors (Lipinski definition) is 3. The third-order valence-electron chi connectivity index (χ3n) is 6.52. The van der Waals surface area contributed by atoms with Crippen LogP contribution in [0.2, 0.25) is 0 Å². The first-order valence-electron chi connectivity index (χ1n) is 11.1. The summed E-state index contributed by atoms with van der Waals surface area (Å²) in [7, 11) is 0. The summed E-state index contributed by atoms with van der Waals surface area (Å²) in [5.41, 5.74) is 4.53. The van der Waals surface area contributed by atoms with Crippen LogP contribution in [0.25, 0.3) is 11.1 Å². The SMILES string of the molecule is CC[C@H](NC(=O)OCC1c2ccccc2-c2ccccc21)C(=O)NC1CCCC1C(=O)O. The standard InChI is InChI=1S/C25H28N2O5/c1-2-21(23(28)26-22-13-7-12-19(22)24(29)30)27-25(31)32-14-20-17-10-5-3-8-15(17)16-9-4-6-11-18(16)20/h3-6,8-11,19-22H,2,7,12-14H2,1H3,(H,26,28)(H,27,31)(H,29,30)/t19?,21-,22?/m0/s1. The maximum Gasteiger partial charge on any atom is 0.407 e. The molecule has 3 N–H and O–H groups in total. The van der Waals surface area contributed by atoms with E-state index in [4.69, 9.17) is 4.74 Å². The highest BCUT2D eigenvalue weighted by Gasteiger charge is 2.35. The highest BCUT2D eigenvalue weighted by molar-refractivity contribution is 5.86. The molecule has 7 nitrogen and oxygen atoms in total. The number of alkyl carbamates (subject to hydrolysis) is 1. The van der Waals surface area contributed by atoms with E-state index in [1.54, 1.807) is 6.92 Å². The molecule has 0 saturated heterocycles. The lowest BCUT2D eigenvalue weighted by Crippen LogP contribution is -2.51. The minimum Gasteiger partial charge on any atom is -0.481 e. The molecule has 2 aromatic rings. The predicted octanol–water partition coefficient (Wildman–Crippen LogP) is 3.67. The molecule has 2 amide bonds. The summed E-state index contributed by atoms with van der Waals surface area (Å²) in [6.07, 6.45) is 1.66. The lowest BCUT2D eigenvalue weighted by Gasteiger charge is -2.22. The summed E-state index contributed by atoms with van der Waals surface area (Å²) < 4.78 is 5.53. The van der Waals surface area contributed by atoms with Crippen LogP contribution in [0.3, 0.4) is 0 Å². The van der Waals surface area contributed by atoms with E-state index in [1.165, 1.54) is 0 Å². The Labute approximate surface area is 187 Å². The van der Waals surface area contributed by atoms with Crippen LogP contribution in [0, 0.1) is 5.92 Å². The zero-order valence-corrected chi connectivity index (χ0v) is 18.0. The fourth-order valence-corrected chi connectivity index (χ4v) is 4.85. The Hall–Kier alpha value is -3.35. The summed E-state index contributed by atoms with van der Waals surface area (Å²) in [6.45, 7) is 1.96. The van der Waals surface area contributed by atoms with E-state index in [9.17, 15) is 19.5 Å². The van der Waals surface area contributed by atoms with E-state index in [0.717, 1.165) is 28.7 Å². The Morgan fingerprint density at radius 1 is 1.03 bits per heavy atom. The van der Waals surface area contributed by atoms with Gasteiger partial charge in [-0.25, -0.2) is 4.79 Å². The smallest absolute Gasteiger partial charge is 0.407 e. The van der Waals surface area contributed by atoms with Gasteiger partial charge in [-0.1, -0.05) is 61.9 Å². The molecule has 4 rings (SSSR count). The van der Waals surface area contributed by atoms with E-state index in [2.05, 4.69) is 22.8 Å². The summed E-state index contributed by atoms with van der Waals surface area (Å²) >= 11 is 0. The molecule has 1 fully saturated rings. The summed E-state index contributed by atoms with van der Waals surface area (Å²) in [5.74, 6) is -1.91. The molecule has 1 saturated carbocycles. The van der Waals surface area contributed by atoms with E-state index in [-0.39, 0.29) is 18.4 Å². The van der Waals surface area contributed by atoms with Crippen molar-refractivity contribution in [1.29, 1.82) is 0 Å². The first kappa shape index (κ1) is 21.9. The van der Waals surface area contributed by atoms with Crippen LogP contribution in [-0.2, 0) is 14.3 Å². The molecule has 32 heavy (non-hydrogen) atoms. The Morgan fingerprint density at radius 3 is 2.25 bits per heavy atom. The van der Waals surface area contributed by atoms with E-state index in [1.807, 2.05) is 36.4 Å². The van der Waals surface area contributed by atoms with Gasteiger partial charge in [-0.15, -0.1) is 0 Å². The number of rotatable bonds is 7. The molecule has 2 aliphatic carbocycles. The molecule has 0 heterocycles. The minimum absolute atomic E-state index is 0.0585. The average Bonchev–Trinajstić information content (AvgIpc) is 3.38. The molecule has 2 aromatic carbocycles. The first-order chi connectivity index (χ1) is 15.5. The second-order valence-electron chi connectivity index (χ2n) is 8.42. The van der Waals surface area contributed by atoms with Crippen molar-refractivity contribution in [3.05, 3.63) is 59.7 Å². The third kappa shape index (κ3) is 4.33. The number of aliphatic carboxylic acids is 1. The number of carbonyl (C=O) groups is 3.